The molecular formula is C12H20N2. The van der Waals surface area contributed by atoms with Crippen LogP contribution in [0.25, 0.3) is 0 Å². The van der Waals surface area contributed by atoms with Crippen LogP contribution < -0.4 is 5.73 Å². The van der Waals surface area contributed by atoms with Crippen molar-refractivity contribution in [2.75, 3.05) is 13.7 Å². The highest BCUT2D eigenvalue weighted by Gasteiger charge is 2.03. The number of hydrogen-bond donors (Lipinski definition) is 1. The minimum atomic E-state index is 0.604. The molecule has 78 valence electrons. The lowest BCUT2D eigenvalue weighted by atomic mass is 10.0. The highest BCUT2D eigenvalue weighted by Crippen LogP contribution is 2.16. The number of nitrogens with two attached hydrogens (primary N) is 1. The lowest BCUT2D eigenvalue weighted by Gasteiger charge is -2.16. The minimum absolute atomic E-state index is 0.604. The Morgan fingerprint density at radius 1 is 1.07 bits per heavy atom. The van der Waals surface area contributed by atoms with Crippen molar-refractivity contribution in [1.29, 1.82) is 0 Å². The standard InChI is InChI=1S/C12H20N2/c1-9-5-11(3)12(6-10(9)2)7-14(4)8-13/h5-6H,7-8,13H2,1-4H3. The first-order chi connectivity index (χ1) is 6.54. The largest absolute Gasteiger partial charge is 0.318 e. The van der Waals surface area contributed by atoms with Crippen LogP contribution in [0, 0.1) is 20.8 Å². The summed E-state index contributed by atoms with van der Waals surface area (Å²) in [5.41, 5.74) is 11.0. The van der Waals surface area contributed by atoms with Gasteiger partial charge in [-0.1, -0.05) is 12.1 Å². The van der Waals surface area contributed by atoms with E-state index in [4.69, 9.17) is 5.73 Å². The Hall–Kier alpha value is -0.860. The molecule has 0 aliphatic carbocycles. The van der Waals surface area contributed by atoms with Crippen molar-refractivity contribution in [3.8, 4) is 0 Å². The summed E-state index contributed by atoms with van der Waals surface area (Å²) in [4.78, 5) is 2.11. The normalized spacial score (nSPS) is 11.0. The summed E-state index contributed by atoms with van der Waals surface area (Å²) in [6.45, 7) is 8.00. The molecule has 0 amide bonds. The molecule has 0 saturated heterocycles. The Morgan fingerprint density at radius 3 is 2.21 bits per heavy atom. The van der Waals surface area contributed by atoms with E-state index in [0.29, 0.717) is 6.67 Å². The molecule has 0 radical (unpaired) electrons. The predicted octanol–water partition coefficient (Wildman–Crippen LogP) is 1.96. The predicted molar refractivity (Wildman–Crippen MR) is 61.2 cm³/mol. The number of hydrogen-bond acceptors (Lipinski definition) is 2. The van der Waals surface area contributed by atoms with Crippen molar-refractivity contribution in [1.82, 2.24) is 4.90 Å². The minimum Gasteiger partial charge on any atom is -0.318 e. The van der Waals surface area contributed by atoms with Crippen LogP contribution in [-0.2, 0) is 6.54 Å². The quantitative estimate of drug-likeness (QED) is 0.742. The second-order valence-corrected chi connectivity index (χ2v) is 4.06. The number of aryl methyl sites for hydroxylation is 3. The fourth-order valence-electron chi connectivity index (χ4n) is 1.55. The molecule has 2 nitrogen and oxygen atoms in total. The van der Waals surface area contributed by atoms with Gasteiger partial charge in [0.05, 0.1) is 0 Å². The lowest BCUT2D eigenvalue weighted by molar-refractivity contribution is 0.336. The third-order valence-corrected chi connectivity index (χ3v) is 2.70. The lowest BCUT2D eigenvalue weighted by Crippen LogP contribution is -2.25. The van der Waals surface area contributed by atoms with E-state index in [1.54, 1.807) is 0 Å². The molecule has 0 aliphatic rings. The maximum atomic E-state index is 5.56. The van der Waals surface area contributed by atoms with Gasteiger partial charge in [0.15, 0.2) is 0 Å². The van der Waals surface area contributed by atoms with E-state index in [2.05, 4.69) is 37.8 Å². The first-order valence-corrected chi connectivity index (χ1v) is 5.00. The molecule has 2 N–H and O–H groups in total. The summed E-state index contributed by atoms with van der Waals surface area (Å²) >= 11 is 0. The molecule has 0 heterocycles. The molecule has 2 heteroatoms. The third-order valence-electron chi connectivity index (χ3n) is 2.70. The van der Waals surface area contributed by atoms with Crippen LogP contribution in [-0.4, -0.2) is 18.6 Å². The molecular weight excluding hydrogens is 172 g/mol. The molecule has 0 bridgehead atoms. The maximum absolute atomic E-state index is 5.56. The van der Waals surface area contributed by atoms with E-state index in [-0.39, 0.29) is 0 Å². The Labute approximate surface area is 86.7 Å². The average Bonchev–Trinajstić information content (AvgIpc) is 2.14. The van der Waals surface area contributed by atoms with Gasteiger partial charge in [0.2, 0.25) is 0 Å². The third kappa shape index (κ3) is 2.56. The van der Waals surface area contributed by atoms with Crippen LogP contribution in [0.5, 0.6) is 0 Å². The van der Waals surface area contributed by atoms with Crippen molar-refractivity contribution in [3.05, 3.63) is 34.4 Å². The van der Waals surface area contributed by atoms with Crippen LogP contribution in [0.3, 0.4) is 0 Å². The van der Waals surface area contributed by atoms with E-state index in [9.17, 15) is 0 Å². The summed E-state index contributed by atoms with van der Waals surface area (Å²) in [6.07, 6.45) is 0. The van der Waals surface area contributed by atoms with Gasteiger partial charge in [-0.05, 0) is 50.1 Å². The fraction of sp³-hybridized carbons (Fsp3) is 0.500. The molecule has 1 aromatic carbocycles. The Kier molecular flexibility index (Phi) is 3.67. The molecule has 0 fully saturated rings. The fourth-order valence-corrected chi connectivity index (χ4v) is 1.55. The van der Waals surface area contributed by atoms with Gasteiger partial charge in [0.25, 0.3) is 0 Å². The topological polar surface area (TPSA) is 29.3 Å². The van der Waals surface area contributed by atoms with E-state index in [1.807, 2.05) is 7.05 Å². The zero-order valence-electron chi connectivity index (χ0n) is 9.59. The number of rotatable bonds is 3. The maximum Gasteiger partial charge on any atom is 0.0455 e. The van der Waals surface area contributed by atoms with E-state index >= 15 is 0 Å². The molecule has 0 spiro atoms. The van der Waals surface area contributed by atoms with Crippen LogP contribution in [0.1, 0.15) is 22.3 Å². The Bertz CT molecular complexity index is 318. The van der Waals surface area contributed by atoms with Gasteiger partial charge in [0.1, 0.15) is 0 Å². The van der Waals surface area contributed by atoms with Gasteiger partial charge in [-0.3, -0.25) is 4.90 Å². The molecule has 0 unspecified atom stereocenters. The van der Waals surface area contributed by atoms with Gasteiger partial charge < -0.3 is 5.73 Å². The Balaban J connectivity index is 2.92. The van der Waals surface area contributed by atoms with Crippen LogP contribution >= 0.6 is 0 Å². The monoisotopic (exact) mass is 192 g/mol. The first-order valence-electron chi connectivity index (χ1n) is 5.00. The molecule has 0 atom stereocenters. The Morgan fingerprint density at radius 2 is 1.64 bits per heavy atom. The van der Waals surface area contributed by atoms with Crippen molar-refractivity contribution >= 4 is 0 Å². The number of benzene rings is 1. The molecule has 1 rings (SSSR count). The van der Waals surface area contributed by atoms with Crippen molar-refractivity contribution < 1.29 is 0 Å². The molecule has 0 aliphatic heterocycles. The molecule has 0 saturated carbocycles. The molecule has 1 aromatic rings. The van der Waals surface area contributed by atoms with Gasteiger partial charge in [0, 0.05) is 13.2 Å². The summed E-state index contributed by atoms with van der Waals surface area (Å²) in [7, 11) is 2.04. The van der Waals surface area contributed by atoms with E-state index in [0.717, 1.165) is 6.54 Å². The van der Waals surface area contributed by atoms with Gasteiger partial charge in [-0.2, -0.15) is 0 Å². The van der Waals surface area contributed by atoms with Gasteiger partial charge >= 0.3 is 0 Å². The molecule has 14 heavy (non-hydrogen) atoms. The van der Waals surface area contributed by atoms with Crippen molar-refractivity contribution in [2.24, 2.45) is 5.73 Å². The second-order valence-electron chi connectivity index (χ2n) is 4.06. The van der Waals surface area contributed by atoms with E-state index in [1.165, 1.54) is 22.3 Å². The second kappa shape index (κ2) is 4.58. The zero-order valence-corrected chi connectivity index (χ0v) is 9.59. The summed E-state index contributed by atoms with van der Waals surface area (Å²) in [5.74, 6) is 0. The summed E-state index contributed by atoms with van der Waals surface area (Å²) in [5, 5.41) is 0. The van der Waals surface area contributed by atoms with Crippen LogP contribution in [0.15, 0.2) is 12.1 Å². The highest BCUT2D eigenvalue weighted by molar-refractivity contribution is 5.36. The zero-order chi connectivity index (χ0) is 10.7. The summed E-state index contributed by atoms with van der Waals surface area (Å²) in [6, 6.07) is 4.51. The highest BCUT2D eigenvalue weighted by atomic mass is 15.1. The molecule has 0 aromatic heterocycles. The van der Waals surface area contributed by atoms with Crippen LogP contribution in [0.2, 0.25) is 0 Å². The van der Waals surface area contributed by atoms with Crippen molar-refractivity contribution in [2.45, 2.75) is 27.3 Å². The van der Waals surface area contributed by atoms with Crippen molar-refractivity contribution in [3.63, 3.8) is 0 Å². The summed E-state index contributed by atoms with van der Waals surface area (Å²) < 4.78 is 0. The van der Waals surface area contributed by atoms with E-state index < -0.39 is 0 Å². The van der Waals surface area contributed by atoms with Gasteiger partial charge in [-0.15, -0.1) is 0 Å². The first kappa shape index (κ1) is 11.2. The SMILES string of the molecule is Cc1cc(C)c(CN(C)CN)cc1C. The van der Waals surface area contributed by atoms with Gasteiger partial charge in [-0.25, -0.2) is 0 Å². The van der Waals surface area contributed by atoms with Crippen LogP contribution in [0.4, 0.5) is 0 Å². The average molecular weight is 192 g/mol. The smallest absolute Gasteiger partial charge is 0.0455 e. The number of nitrogens with zero attached hydrogens (tertiary/aromatic N) is 1.